The Balaban J connectivity index is 3.13. The van der Waals surface area contributed by atoms with E-state index < -0.39 is 0 Å². The van der Waals surface area contributed by atoms with E-state index in [1.54, 1.807) is 6.08 Å². The van der Waals surface area contributed by atoms with E-state index >= 15 is 0 Å². The molecule has 0 atom stereocenters. The molecule has 0 spiro atoms. The first-order chi connectivity index (χ1) is 4.81. The second kappa shape index (κ2) is 6.10. The summed E-state index contributed by atoms with van der Waals surface area (Å²) in [5.74, 6) is 0. The molecule has 0 aromatic heterocycles. The summed E-state index contributed by atoms with van der Waals surface area (Å²) >= 11 is 0. The zero-order valence-corrected chi connectivity index (χ0v) is 6.05. The highest BCUT2D eigenvalue weighted by Gasteiger charge is 1.95. The molecule has 4 heteroatoms. The van der Waals surface area contributed by atoms with Crippen LogP contribution in [0.25, 0.3) is 0 Å². The van der Waals surface area contributed by atoms with E-state index in [9.17, 15) is 4.79 Å². The Labute approximate surface area is 60.7 Å². The van der Waals surface area contributed by atoms with Crippen LogP contribution in [0.2, 0.25) is 0 Å². The highest BCUT2D eigenvalue weighted by atomic mass is 16.2. The second-order valence-electron chi connectivity index (χ2n) is 1.60. The van der Waals surface area contributed by atoms with Crippen molar-refractivity contribution >= 4 is 6.03 Å². The molecule has 2 amide bonds. The van der Waals surface area contributed by atoms with Gasteiger partial charge in [0, 0.05) is 13.1 Å². The zero-order chi connectivity index (χ0) is 7.82. The van der Waals surface area contributed by atoms with E-state index in [1.807, 2.05) is 6.92 Å². The van der Waals surface area contributed by atoms with Gasteiger partial charge in [-0.15, -0.1) is 12.0 Å². The smallest absolute Gasteiger partial charge is 0.336 e. The summed E-state index contributed by atoms with van der Waals surface area (Å²) in [6, 6.07) is -0.343. The Kier molecular flexibility index (Phi) is 5.47. The van der Waals surface area contributed by atoms with Gasteiger partial charge in [0.2, 0.25) is 0 Å². The Morgan fingerprint density at radius 2 is 2.50 bits per heavy atom. The number of carbonyl (C=O) groups is 1. The average Bonchev–Trinajstić information content (AvgIpc) is 1.89. The maximum absolute atomic E-state index is 10.5. The standard InChI is InChI=1S/C6H12N3O/c1-3-5-8-9-6(10)7-4-2/h3,8H,1,4-5H2,2H3,(H,7,10). The molecule has 57 valence electrons. The normalized spacial score (nSPS) is 8.50. The lowest BCUT2D eigenvalue weighted by Crippen LogP contribution is -2.38. The van der Waals surface area contributed by atoms with Crippen LogP contribution in [-0.4, -0.2) is 19.1 Å². The number of hydrogen-bond acceptors (Lipinski definition) is 2. The van der Waals surface area contributed by atoms with Gasteiger partial charge in [-0.3, -0.25) is 0 Å². The average molecular weight is 142 g/mol. The van der Waals surface area contributed by atoms with Gasteiger partial charge in [-0.1, -0.05) is 6.08 Å². The minimum absolute atomic E-state index is 0.343. The second-order valence-corrected chi connectivity index (χ2v) is 1.60. The molecule has 0 aromatic carbocycles. The molecule has 0 saturated heterocycles. The third-order valence-corrected chi connectivity index (χ3v) is 0.744. The van der Waals surface area contributed by atoms with Crippen molar-refractivity contribution in [3.05, 3.63) is 12.7 Å². The van der Waals surface area contributed by atoms with Crippen LogP contribution in [-0.2, 0) is 0 Å². The van der Waals surface area contributed by atoms with Crippen LogP contribution in [0.4, 0.5) is 4.79 Å². The summed E-state index contributed by atoms with van der Waals surface area (Å²) in [6.07, 6.45) is 1.63. The lowest BCUT2D eigenvalue weighted by molar-refractivity contribution is 0.236. The first-order valence-electron chi connectivity index (χ1n) is 3.13. The monoisotopic (exact) mass is 142 g/mol. The molecule has 2 N–H and O–H groups in total. The molecular weight excluding hydrogens is 130 g/mol. The molecule has 0 fully saturated rings. The summed E-state index contributed by atoms with van der Waals surface area (Å²) in [5, 5.41) is 2.50. The Bertz CT molecular complexity index is 114. The van der Waals surface area contributed by atoms with Crippen molar-refractivity contribution in [2.24, 2.45) is 0 Å². The molecule has 0 bridgehead atoms. The van der Waals surface area contributed by atoms with E-state index in [4.69, 9.17) is 0 Å². The van der Waals surface area contributed by atoms with E-state index in [2.05, 4.69) is 22.7 Å². The fourth-order valence-electron chi connectivity index (χ4n) is 0.373. The summed E-state index contributed by atoms with van der Waals surface area (Å²) < 4.78 is 0. The fourth-order valence-corrected chi connectivity index (χ4v) is 0.373. The van der Waals surface area contributed by atoms with Crippen molar-refractivity contribution in [3.63, 3.8) is 0 Å². The number of hydrogen-bond donors (Lipinski definition) is 2. The highest BCUT2D eigenvalue weighted by Crippen LogP contribution is 1.62. The molecule has 4 nitrogen and oxygen atoms in total. The van der Waals surface area contributed by atoms with Gasteiger partial charge in [-0.25, -0.2) is 10.2 Å². The van der Waals surface area contributed by atoms with Gasteiger partial charge in [-0.05, 0) is 6.92 Å². The number of nitrogens with one attached hydrogen (secondary N) is 2. The molecule has 0 heterocycles. The highest BCUT2D eigenvalue weighted by molar-refractivity contribution is 5.72. The minimum Gasteiger partial charge on any atom is -0.336 e. The minimum atomic E-state index is -0.343. The molecule has 0 aromatic rings. The molecule has 0 aliphatic rings. The number of carbonyl (C=O) groups excluding carboxylic acids is 1. The zero-order valence-electron chi connectivity index (χ0n) is 6.05. The molecule has 0 aliphatic heterocycles. The quantitative estimate of drug-likeness (QED) is 0.330. The van der Waals surface area contributed by atoms with Crippen molar-refractivity contribution in [1.29, 1.82) is 0 Å². The van der Waals surface area contributed by atoms with Crippen LogP contribution < -0.4 is 16.2 Å². The molecule has 10 heavy (non-hydrogen) atoms. The Morgan fingerprint density at radius 3 is 3.00 bits per heavy atom. The summed E-state index contributed by atoms with van der Waals surface area (Å²) in [7, 11) is 0. The Hall–Kier alpha value is -1.03. The van der Waals surface area contributed by atoms with Crippen molar-refractivity contribution in [2.75, 3.05) is 13.1 Å². The van der Waals surface area contributed by atoms with Crippen molar-refractivity contribution in [3.8, 4) is 0 Å². The molecule has 0 unspecified atom stereocenters. The third-order valence-electron chi connectivity index (χ3n) is 0.744. The predicted octanol–water partition coefficient (Wildman–Crippen LogP) is 0.0109. The van der Waals surface area contributed by atoms with Crippen LogP contribution in [0.5, 0.6) is 0 Å². The van der Waals surface area contributed by atoms with Crippen molar-refractivity contribution < 1.29 is 4.79 Å². The molecule has 0 rings (SSSR count). The first kappa shape index (κ1) is 8.97. The van der Waals surface area contributed by atoms with Crippen LogP contribution in [0.15, 0.2) is 12.7 Å². The van der Waals surface area contributed by atoms with Gasteiger partial charge in [0.1, 0.15) is 0 Å². The van der Waals surface area contributed by atoms with Crippen LogP contribution >= 0.6 is 0 Å². The van der Waals surface area contributed by atoms with Gasteiger partial charge in [0.15, 0.2) is 0 Å². The number of urea groups is 1. The van der Waals surface area contributed by atoms with Crippen molar-refractivity contribution in [1.82, 2.24) is 16.2 Å². The summed E-state index contributed by atoms with van der Waals surface area (Å²) in [4.78, 5) is 10.5. The summed E-state index contributed by atoms with van der Waals surface area (Å²) in [5.41, 5.74) is 5.95. The maximum atomic E-state index is 10.5. The molecule has 0 aliphatic carbocycles. The van der Waals surface area contributed by atoms with E-state index in [-0.39, 0.29) is 6.03 Å². The number of rotatable bonds is 4. The maximum Gasteiger partial charge on any atom is 0.352 e. The Morgan fingerprint density at radius 1 is 1.80 bits per heavy atom. The topological polar surface area (TPSA) is 55.2 Å². The van der Waals surface area contributed by atoms with Gasteiger partial charge in [0.05, 0.1) is 0 Å². The lowest BCUT2D eigenvalue weighted by Gasteiger charge is -2.00. The predicted molar refractivity (Wildman–Crippen MR) is 39.4 cm³/mol. The van der Waals surface area contributed by atoms with Gasteiger partial charge in [0.25, 0.3) is 0 Å². The van der Waals surface area contributed by atoms with E-state index in [0.717, 1.165) is 0 Å². The molecule has 0 saturated carbocycles. The van der Waals surface area contributed by atoms with Crippen molar-refractivity contribution in [2.45, 2.75) is 6.92 Å². The fraction of sp³-hybridized carbons (Fsp3) is 0.500. The first-order valence-corrected chi connectivity index (χ1v) is 3.13. The molecular formula is C6H12N3O. The van der Waals surface area contributed by atoms with Gasteiger partial charge < -0.3 is 5.32 Å². The lowest BCUT2D eigenvalue weighted by atomic mass is 10.7. The SMILES string of the molecule is C=CCN[N]C(=O)NCC. The molecule has 1 radical (unpaired) electrons. The number of nitrogens with zero attached hydrogens (tertiary/aromatic N) is 1. The van der Waals surface area contributed by atoms with Gasteiger partial charge >= 0.3 is 6.03 Å². The summed E-state index contributed by atoms with van der Waals surface area (Å²) in [6.45, 7) is 6.39. The van der Waals surface area contributed by atoms with Crippen LogP contribution in [0.3, 0.4) is 0 Å². The van der Waals surface area contributed by atoms with E-state index in [1.165, 1.54) is 0 Å². The van der Waals surface area contributed by atoms with Crippen LogP contribution in [0.1, 0.15) is 6.92 Å². The largest absolute Gasteiger partial charge is 0.352 e. The van der Waals surface area contributed by atoms with Gasteiger partial charge in [-0.2, -0.15) is 0 Å². The van der Waals surface area contributed by atoms with E-state index in [0.29, 0.717) is 13.1 Å². The third kappa shape index (κ3) is 5.11. The number of amides is 2. The van der Waals surface area contributed by atoms with Crippen LogP contribution in [0, 0.1) is 0 Å².